The van der Waals surface area contributed by atoms with Crippen molar-refractivity contribution in [2.75, 3.05) is 11.9 Å². The fourth-order valence-corrected chi connectivity index (χ4v) is 3.65. The number of benzene rings is 1. The third-order valence-electron chi connectivity index (χ3n) is 4.65. The normalized spacial score (nSPS) is 10.4. The number of hydrogen-bond donors (Lipinski definition) is 1. The smallest absolute Gasteiger partial charge is 0.350 e. The molecule has 8 heteroatoms. The number of esters is 1. The summed E-state index contributed by atoms with van der Waals surface area (Å²) in [6.07, 6.45) is 0. The van der Waals surface area contributed by atoms with Crippen LogP contribution in [0.5, 0.6) is 0 Å². The summed E-state index contributed by atoms with van der Waals surface area (Å²) in [6.45, 7) is 5.51. The van der Waals surface area contributed by atoms with Gasteiger partial charge in [0.25, 0.3) is 5.91 Å². The molecule has 1 amide bonds. The maximum absolute atomic E-state index is 12.4. The number of amides is 1. The highest BCUT2D eigenvalue weighted by Gasteiger charge is 2.21. The highest BCUT2D eigenvalue weighted by atomic mass is 32.1. The van der Waals surface area contributed by atoms with Crippen molar-refractivity contribution in [1.82, 2.24) is 9.55 Å². The van der Waals surface area contributed by atoms with Gasteiger partial charge in [-0.25, -0.2) is 9.78 Å². The van der Waals surface area contributed by atoms with E-state index in [4.69, 9.17) is 4.74 Å². The summed E-state index contributed by atoms with van der Waals surface area (Å²) in [4.78, 5) is 28.9. The average molecular weight is 408 g/mol. The Morgan fingerprint density at radius 3 is 2.59 bits per heavy atom. The summed E-state index contributed by atoms with van der Waals surface area (Å²) >= 11 is 1.16. The minimum absolute atomic E-state index is 0.370. The summed E-state index contributed by atoms with van der Waals surface area (Å²) in [5, 5.41) is 12.3. The van der Waals surface area contributed by atoms with Gasteiger partial charge in [0.1, 0.15) is 16.8 Å². The molecule has 0 aliphatic rings. The van der Waals surface area contributed by atoms with Crippen molar-refractivity contribution in [3.05, 3.63) is 68.8 Å². The lowest BCUT2D eigenvalue weighted by molar-refractivity contribution is -0.119. The number of carbonyl (C=O) groups is 2. The summed E-state index contributed by atoms with van der Waals surface area (Å²) < 4.78 is 6.98. The first-order valence-corrected chi connectivity index (χ1v) is 9.81. The van der Waals surface area contributed by atoms with E-state index in [-0.39, 0.29) is 0 Å². The monoisotopic (exact) mass is 408 g/mol. The zero-order chi connectivity index (χ0) is 21.0. The van der Waals surface area contributed by atoms with Gasteiger partial charge in [-0.15, -0.1) is 11.3 Å². The SMILES string of the molecule is Cc1ncsc1C(=O)OCC(=O)Nc1c(C#N)c(C)c(C)n1Cc1ccccc1. The average Bonchev–Trinajstić information content (AvgIpc) is 3.24. The Morgan fingerprint density at radius 2 is 1.97 bits per heavy atom. The second-order valence-electron chi connectivity index (χ2n) is 6.51. The van der Waals surface area contributed by atoms with Crippen molar-refractivity contribution in [3.8, 4) is 6.07 Å². The number of aromatic nitrogens is 2. The Balaban J connectivity index is 1.78. The molecular formula is C21H20N4O3S. The van der Waals surface area contributed by atoms with Crippen molar-refractivity contribution >= 4 is 29.0 Å². The number of hydrogen-bond acceptors (Lipinski definition) is 6. The number of aryl methyl sites for hydroxylation is 1. The Morgan fingerprint density at radius 1 is 1.24 bits per heavy atom. The summed E-state index contributed by atoms with van der Waals surface area (Å²) in [6, 6.07) is 11.9. The molecule has 0 saturated carbocycles. The highest BCUT2D eigenvalue weighted by Crippen LogP contribution is 2.27. The van der Waals surface area contributed by atoms with Crippen LogP contribution in [0.15, 0.2) is 35.8 Å². The van der Waals surface area contributed by atoms with Crippen LogP contribution in [0.3, 0.4) is 0 Å². The molecule has 3 rings (SSSR count). The Bertz CT molecular complexity index is 1090. The first-order valence-electron chi connectivity index (χ1n) is 8.93. The molecule has 29 heavy (non-hydrogen) atoms. The van der Waals surface area contributed by atoms with Crippen LogP contribution in [0.2, 0.25) is 0 Å². The number of rotatable bonds is 6. The van der Waals surface area contributed by atoms with Gasteiger partial charge >= 0.3 is 5.97 Å². The maximum Gasteiger partial charge on any atom is 0.350 e. The lowest BCUT2D eigenvalue weighted by Gasteiger charge is -2.13. The Kier molecular flexibility index (Phi) is 6.10. The van der Waals surface area contributed by atoms with E-state index in [0.29, 0.717) is 28.5 Å². The molecule has 2 heterocycles. The van der Waals surface area contributed by atoms with Crippen molar-refractivity contribution in [3.63, 3.8) is 0 Å². The fourth-order valence-electron chi connectivity index (χ4n) is 2.96. The van der Waals surface area contributed by atoms with E-state index in [1.165, 1.54) is 0 Å². The van der Waals surface area contributed by atoms with E-state index in [2.05, 4.69) is 16.4 Å². The van der Waals surface area contributed by atoms with Crippen LogP contribution in [0.25, 0.3) is 0 Å². The first kappa shape index (κ1) is 20.3. The van der Waals surface area contributed by atoms with E-state index in [0.717, 1.165) is 28.2 Å². The standard InChI is InChI=1S/C21H20N4O3S/c1-13-15(3)25(10-16-7-5-4-6-8-16)20(17(13)9-22)24-18(26)11-28-21(27)19-14(2)23-12-29-19/h4-8,12H,10-11H2,1-3H3,(H,24,26). The molecule has 0 fully saturated rings. The molecule has 3 aromatic rings. The second kappa shape index (κ2) is 8.71. The summed E-state index contributed by atoms with van der Waals surface area (Å²) in [5.41, 5.74) is 5.24. The maximum atomic E-state index is 12.4. The first-order chi connectivity index (χ1) is 13.9. The van der Waals surface area contributed by atoms with Gasteiger partial charge in [0.05, 0.1) is 16.8 Å². The molecule has 0 radical (unpaired) electrons. The number of nitriles is 1. The molecule has 1 aromatic carbocycles. The number of thiazole rings is 1. The van der Waals surface area contributed by atoms with Crippen LogP contribution in [0, 0.1) is 32.1 Å². The lowest BCUT2D eigenvalue weighted by atomic mass is 10.2. The van der Waals surface area contributed by atoms with Gasteiger partial charge in [-0.05, 0) is 31.9 Å². The van der Waals surface area contributed by atoms with Crippen LogP contribution in [0.4, 0.5) is 5.82 Å². The minimum Gasteiger partial charge on any atom is -0.451 e. The second-order valence-corrected chi connectivity index (χ2v) is 7.36. The van der Waals surface area contributed by atoms with Crippen molar-refractivity contribution in [1.29, 1.82) is 5.26 Å². The number of ether oxygens (including phenoxy) is 1. The quantitative estimate of drug-likeness (QED) is 0.629. The number of nitrogens with one attached hydrogen (secondary N) is 1. The van der Waals surface area contributed by atoms with Crippen molar-refractivity contribution in [2.24, 2.45) is 0 Å². The van der Waals surface area contributed by atoms with Crippen molar-refractivity contribution in [2.45, 2.75) is 27.3 Å². The van der Waals surface area contributed by atoms with E-state index in [1.807, 2.05) is 48.7 Å². The topological polar surface area (TPSA) is 97.0 Å². The van der Waals surface area contributed by atoms with Gasteiger partial charge in [0, 0.05) is 12.2 Å². The Hall–Kier alpha value is -3.44. The van der Waals surface area contributed by atoms with E-state index >= 15 is 0 Å². The Labute approximate surface area is 172 Å². The van der Waals surface area contributed by atoms with Gasteiger partial charge < -0.3 is 14.6 Å². The van der Waals surface area contributed by atoms with E-state index in [1.54, 1.807) is 12.4 Å². The number of nitrogens with zero attached hydrogens (tertiary/aromatic N) is 3. The van der Waals surface area contributed by atoms with Gasteiger partial charge in [0.15, 0.2) is 6.61 Å². The van der Waals surface area contributed by atoms with E-state index < -0.39 is 18.5 Å². The van der Waals surface area contributed by atoms with Crippen molar-refractivity contribution < 1.29 is 14.3 Å². The van der Waals surface area contributed by atoms with Crippen LogP contribution in [-0.4, -0.2) is 28.0 Å². The van der Waals surface area contributed by atoms with Crippen LogP contribution in [0.1, 0.15) is 37.7 Å². The summed E-state index contributed by atoms with van der Waals surface area (Å²) in [5.74, 6) is -0.696. The zero-order valence-corrected chi connectivity index (χ0v) is 17.2. The minimum atomic E-state index is -0.590. The third-order valence-corrected chi connectivity index (χ3v) is 5.56. The van der Waals surface area contributed by atoms with Crippen LogP contribution < -0.4 is 5.32 Å². The fraction of sp³-hybridized carbons (Fsp3) is 0.238. The molecule has 2 aromatic heterocycles. The number of carbonyl (C=O) groups excluding carboxylic acids is 2. The predicted molar refractivity (Wildman–Crippen MR) is 110 cm³/mol. The molecule has 0 atom stereocenters. The molecule has 0 saturated heterocycles. The molecular weight excluding hydrogens is 388 g/mol. The van der Waals surface area contributed by atoms with Crippen LogP contribution in [-0.2, 0) is 16.1 Å². The predicted octanol–water partition coefficient (Wildman–Crippen LogP) is 3.59. The molecule has 0 bridgehead atoms. The third kappa shape index (κ3) is 4.36. The molecule has 0 unspecified atom stereocenters. The molecule has 0 aliphatic heterocycles. The zero-order valence-electron chi connectivity index (χ0n) is 16.4. The van der Waals surface area contributed by atoms with E-state index in [9.17, 15) is 14.9 Å². The molecule has 1 N–H and O–H groups in total. The molecule has 0 spiro atoms. The summed E-state index contributed by atoms with van der Waals surface area (Å²) in [7, 11) is 0. The molecule has 7 nitrogen and oxygen atoms in total. The van der Waals surface area contributed by atoms with Crippen LogP contribution >= 0.6 is 11.3 Å². The lowest BCUT2D eigenvalue weighted by Crippen LogP contribution is -2.23. The highest BCUT2D eigenvalue weighted by molar-refractivity contribution is 7.11. The molecule has 0 aliphatic carbocycles. The van der Waals surface area contributed by atoms with Gasteiger partial charge in [-0.1, -0.05) is 30.3 Å². The largest absolute Gasteiger partial charge is 0.451 e. The number of anilines is 1. The van der Waals surface area contributed by atoms with Gasteiger partial charge in [-0.3, -0.25) is 4.79 Å². The van der Waals surface area contributed by atoms with Gasteiger partial charge in [0.2, 0.25) is 0 Å². The van der Waals surface area contributed by atoms with Gasteiger partial charge in [-0.2, -0.15) is 5.26 Å². The molecule has 148 valence electrons.